The zero-order valence-electron chi connectivity index (χ0n) is 20.6. The first kappa shape index (κ1) is 23.7. The third-order valence-electron chi connectivity index (χ3n) is 6.95. The van der Waals surface area contributed by atoms with Crippen molar-refractivity contribution >= 4 is 17.2 Å². The maximum absolute atomic E-state index is 13.4. The summed E-state index contributed by atoms with van der Waals surface area (Å²) in [7, 11) is 0. The highest BCUT2D eigenvalue weighted by atomic mass is 32.1. The Morgan fingerprint density at radius 3 is 2.57 bits per heavy atom. The van der Waals surface area contributed by atoms with Crippen LogP contribution in [0.4, 0.5) is 4.39 Å². The summed E-state index contributed by atoms with van der Waals surface area (Å²) < 4.78 is 25.1. The van der Waals surface area contributed by atoms with E-state index in [-0.39, 0.29) is 29.7 Å². The van der Waals surface area contributed by atoms with Crippen molar-refractivity contribution in [2.24, 2.45) is 17.6 Å². The fourth-order valence-corrected chi connectivity index (χ4v) is 5.79. The average Bonchev–Trinajstić information content (AvgIpc) is 3.36. The molecule has 1 aromatic carbocycles. The van der Waals surface area contributed by atoms with Gasteiger partial charge in [-0.25, -0.2) is 19.3 Å². The number of piperidine rings is 1. The fourth-order valence-electron chi connectivity index (χ4n) is 4.82. The molecule has 37 heavy (non-hydrogen) atoms. The van der Waals surface area contributed by atoms with Crippen LogP contribution < -0.4 is 10.5 Å². The number of amides is 1. The second-order valence-corrected chi connectivity index (χ2v) is 11.2. The molecule has 2 N–H and O–H groups in total. The van der Waals surface area contributed by atoms with Crippen molar-refractivity contribution < 1.29 is 18.3 Å². The molecule has 4 heterocycles. The van der Waals surface area contributed by atoms with E-state index in [2.05, 4.69) is 9.97 Å². The number of fused-ring (bicyclic) bond motifs is 1. The Hall–Kier alpha value is -3.63. The standard InChI is InChI=1S/C27H26FN5O3S/c1-14-23(37-25(31-14)24-30-8-9-35-24)26(34)33-12-18-19(13-33)22(18)36-21-11-16(27(2,3)29)10-20(32-21)15-4-6-17(28)7-5-15/h4-11,18-19,22H,12-13,29H2,1-3H3. The second-order valence-electron chi connectivity index (χ2n) is 10.2. The Morgan fingerprint density at radius 1 is 1.19 bits per heavy atom. The number of thiazole rings is 1. The molecule has 0 bridgehead atoms. The number of hydrogen-bond acceptors (Lipinski definition) is 8. The van der Waals surface area contributed by atoms with Crippen molar-refractivity contribution in [3.63, 3.8) is 0 Å². The van der Waals surface area contributed by atoms with Crippen LogP contribution in [-0.4, -0.2) is 45.0 Å². The van der Waals surface area contributed by atoms with Gasteiger partial charge in [0, 0.05) is 42.1 Å². The first-order chi connectivity index (χ1) is 17.7. The number of ether oxygens (including phenoxy) is 1. The lowest BCUT2D eigenvalue weighted by molar-refractivity contribution is 0.0755. The van der Waals surface area contributed by atoms with Crippen LogP contribution in [0.3, 0.4) is 0 Å². The molecule has 1 aliphatic heterocycles. The highest BCUT2D eigenvalue weighted by Crippen LogP contribution is 2.48. The zero-order chi connectivity index (χ0) is 25.9. The lowest BCUT2D eigenvalue weighted by Crippen LogP contribution is -2.33. The number of pyridine rings is 1. The SMILES string of the molecule is Cc1nc(-c2ncco2)sc1C(=O)N1CC2C(C1)C2Oc1cc(C(C)(C)N)cc(-c2ccc(F)cc2)n1. The lowest BCUT2D eigenvalue weighted by atomic mass is 9.95. The predicted octanol–water partition coefficient (Wildman–Crippen LogP) is 4.65. The van der Waals surface area contributed by atoms with Gasteiger partial charge < -0.3 is 19.8 Å². The summed E-state index contributed by atoms with van der Waals surface area (Å²) in [4.78, 5) is 29.0. The molecule has 2 unspecified atom stereocenters. The number of aromatic nitrogens is 3. The van der Waals surface area contributed by atoms with Gasteiger partial charge in [-0.15, -0.1) is 11.3 Å². The van der Waals surface area contributed by atoms with Crippen LogP contribution >= 0.6 is 11.3 Å². The first-order valence-electron chi connectivity index (χ1n) is 12.1. The summed E-state index contributed by atoms with van der Waals surface area (Å²) in [5, 5.41) is 0.599. The molecule has 2 aliphatic rings. The maximum atomic E-state index is 13.4. The molecule has 4 aromatic rings. The van der Waals surface area contributed by atoms with Gasteiger partial charge in [-0.05, 0) is 56.7 Å². The quantitative estimate of drug-likeness (QED) is 0.395. The minimum Gasteiger partial charge on any atom is -0.474 e. The molecule has 10 heteroatoms. The molecule has 1 saturated heterocycles. The molecule has 3 aromatic heterocycles. The van der Waals surface area contributed by atoms with Crippen LogP contribution in [0.25, 0.3) is 22.2 Å². The van der Waals surface area contributed by atoms with Crippen molar-refractivity contribution in [1.82, 2.24) is 19.9 Å². The number of carbonyl (C=O) groups is 1. The van der Waals surface area contributed by atoms with Crippen molar-refractivity contribution in [1.29, 1.82) is 0 Å². The third kappa shape index (κ3) is 4.51. The van der Waals surface area contributed by atoms with Crippen LogP contribution in [0, 0.1) is 24.6 Å². The maximum Gasteiger partial charge on any atom is 0.265 e. The van der Waals surface area contributed by atoms with E-state index in [4.69, 9.17) is 19.9 Å². The van der Waals surface area contributed by atoms with Gasteiger partial charge >= 0.3 is 0 Å². The number of benzene rings is 1. The normalized spacial score (nSPS) is 20.7. The van der Waals surface area contributed by atoms with E-state index in [0.29, 0.717) is 46.1 Å². The van der Waals surface area contributed by atoms with Gasteiger partial charge in [-0.2, -0.15) is 0 Å². The summed E-state index contributed by atoms with van der Waals surface area (Å²) in [5.74, 6) is 1.06. The number of rotatable bonds is 6. The minimum absolute atomic E-state index is 0.0146. The van der Waals surface area contributed by atoms with Crippen LogP contribution in [0.15, 0.2) is 53.3 Å². The highest BCUT2D eigenvalue weighted by molar-refractivity contribution is 7.17. The first-order valence-corrected chi connectivity index (χ1v) is 12.9. The van der Waals surface area contributed by atoms with Gasteiger partial charge in [0.05, 0.1) is 17.6 Å². The summed E-state index contributed by atoms with van der Waals surface area (Å²) in [5.41, 5.74) is 8.80. The summed E-state index contributed by atoms with van der Waals surface area (Å²) in [6.45, 7) is 6.91. The number of carbonyl (C=O) groups excluding carboxylic acids is 1. The number of nitrogens with zero attached hydrogens (tertiary/aromatic N) is 4. The number of hydrogen-bond donors (Lipinski definition) is 1. The predicted molar refractivity (Wildman–Crippen MR) is 136 cm³/mol. The number of oxazole rings is 1. The summed E-state index contributed by atoms with van der Waals surface area (Å²) in [6.07, 6.45) is 3.03. The van der Waals surface area contributed by atoms with E-state index in [1.807, 2.05) is 37.8 Å². The minimum atomic E-state index is -0.602. The van der Waals surface area contributed by atoms with Gasteiger partial charge in [0.15, 0.2) is 5.01 Å². The van der Waals surface area contributed by atoms with E-state index in [1.54, 1.807) is 18.3 Å². The molecule has 2 atom stereocenters. The van der Waals surface area contributed by atoms with Gasteiger partial charge in [0.1, 0.15) is 23.1 Å². The Kier molecular flexibility index (Phi) is 5.61. The van der Waals surface area contributed by atoms with Crippen molar-refractivity contribution in [3.05, 3.63) is 70.8 Å². The summed E-state index contributed by atoms with van der Waals surface area (Å²) in [6, 6.07) is 9.99. The Bertz CT molecular complexity index is 1450. The van der Waals surface area contributed by atoms with Crippen LogP contribution in [-0.2, 0) is 5.54 Å². The largest absolute Gasteiger partial charge is 0.474 e. The van der Waals surface area contributed by atoms with Crippen LogP contribution in [0.5, 0.6) is 5.88 Å². The molecule has 2 fully saturated rings. The highest BCUT2D eigenvalue weighted by Gasteiger charge is 2.59. The average molecular weight is 520 g/mol. The van der Waals surface area contributed by atoms with Gasteiger partial charge in [-0.3, -0.25) is 4.79 Å². The van der Waals surface area contributed by atoms with E-state index < -0.39 is 5.54 Å². The number of halogens is 1. The topological polar surface area (TPSA) is 107 Å². The zero-order valence-corrected chi connectivity index (χ0v) is 21.5. The molecule has 0 radical (unpaired) electrons. The third-order valence-corrected chi connectivity index (χ3v) is 8.08. The molecule has 190 valence electrons. The van der Waals surface area contributed by atoms with Crippen LogP contribution in [0.2, 0.25) is 0 Å². The van der Waals surface area contributed by atoms with Gasteiger partial charge in [0.2, 0.25) is 5.88 Å². The number of likely N-dealkylation sites (tertiary alicyclic amines) is 1. The van der Waals surface area contributed by atoms with Crippen molar-refractivity contribution in [2.75, 3.05) is 13.1 Å². The smallest absolute Gasteiger partial charge is 0.265 e. The van der Waals surface area contributed by atoms with E-state index in [9.17, 15) is 9.18 Å². The van der Waals surface area contributed by atoms with Crippen molar-refractivity contribution in [3.8, 4) is 28.0 Å². The second kappa shape index (κ2) is 8.74. The molecule has 1 aliphatic carbocycles. The molecule has 6 rings (SSSR count). The molecular weight excluding hydrogens is 493 g/mol. The van der Waals surface area contributed by atoms with E-state index in [0.717, 1.165) is 11.1 Å². The number of nitrogens with two attached hydrogens (primary N) is 1. The van der Waals surface area contributed by atoms with Gasteiger partial charge in [0.25, 0.3) is 11.8 Å². The molecule has 1 saturated carbocycles. The van der Waals surface area contributed by atoms with Crippen molar-refractivity contribution in [2.45, 2.75) is 32.4 Å². The molecule has 0 spiro atoms. The van der Waals surface area contributed by atoms with E-state index >= 15 is 0 Å². The van der Waals surface area contributed by atoms with Crippen LogP contribution in [0.1, 0.15) is 34.8 Å². The summed E-state index contributed by atoms with van der Waals surface area (Å²) >= 11 is 1.30. The molecule has 8 nitrogen and oxygen atoms in total. The Labute approximate surface area is 217 Å². The molecular formula is C27H26FN5O3S. The van der Waals surface area contributed by atoms with E-state index in [1.165, 1.54) is 29.7 Å². The lowest BCUT2D eigenvalue weighted by Gasteiger charge is -2.22. The Balaban J connectivity index is 1.16. The molecule has 1 amide bonds. The number of aryl methyl sites for hydroxylation is 1. The fraction of sp³-hybridized carbons (Fsp3) is 0.333. The Morgan fingerprint density at radius 2 is 1.92 bits per heavy atom. The monoisotopic (exact) mass is 519 g/mol. The van der Waals surface area contributed by atoms with Gasteiger partial charge in [-0.1, -0.05) is 0 Å².